The quantitative estimate of drug-likeness (QED) is 0.835. The van der Waals surface area contributed by atoms with Gasteiger partial charge in [-0.05, 0) is 49.7 Å². The van der Waals surface area contributed by atoms with Crippen LogP contribution in [-0.4, -0.2) is 12.5 Å². The first kappa shape index (κ1) is 13.4. The fourth-order valence-corrected chi connectivity index (χ4v) is 3.47. The first-order valence-electron chi connectivity index (χ1n) is 7.85. The van der Waals surface area contributed by atoms with Crippen LogP contribution in [0.25, 0.3) is 0 Å². The lowest BCUT2D eigenvalue weighted by molar-refractivity contribution is -0.125. The van der Waals surface area contributed by atoms with Gasteiger partial charge in [0.1, 0.15) is 0 Å². The molecule has 0 aliphatic heterocycles. The predicted molar refractivity (Wildman–Crippen MR) is 81.6 cm³/mol. The molecule has 0 aromatic heterocycles. The number of hydrogen-bond acceptors (Lipinski definition) is 1. The Morgan fingerprint density at radius 3 is 2.95 bits per heavy atom. The van der Waals surface area contributed by atoms with E-state index >= 15 is 0 Å². The molecule has 0 heterocycles. The van der Waals surface area contributed by atoms with Crippen molar-refractivity contribution in [3.8, 4) is 0 Å². The minimum atomic E-state index is 0.193. The van der Waals surface area contributed by atoms with Crippen molar-refractivity contribution < 1.29 is 4.79 Å². The monoisotopic (exact) mass is 269 g/mol. The molecule has 1 aromatic rings. The van der Waals surface area contributed by atoms with E-state index in [1.807, 2.05) is 0 Å². The van der Waals surface area contributed by atoms with Gasteiger partial charge in [-0.25, -0.2) is 0 Å². The number of carbonyl (C=O) groups excluding carboxylic acids is 1. The molecule has 3 rings (SSSR count). The molecule has 0 radical (unpaired) electrons. The van der Waals surface area contributed by atoms with Crippen molar-refractivity contribution in [1.29, 1.82) is 0 Å². The van der Waals surface area contributed by atoms with Crippen LogP contribution < -0.4 is 5.32 Å². The lowest BCUT2D eigenvalue weighted by atomic mass is 9.82. The highest BCUT2D eigenvalue weighted by atomic mass is 16.1. The van der Waals surface area contributed by atoms with Gasteiger partial charge in [-0.15, -0.1) is 0 Å². The van der Waals surface area contributed by atoms with Gasteiger partial charge >= 0.3 is 0 Å². The normalized spacial score (nSPS) is 25.0. The number of amides is 1. The van der Waals surface area contributed by atoms with Gasteiger partial charge in [0.25, 0.3) is 0 Å². The fourth-order valence-electron chi connectivity index (χ4n) is 3.47. The molecule has 0 saturated carbocycles. The Morgan fingerprint density at radius 1 is 1.20 bits per heavy atom. The maximum Gasteiger partial charge on any atom is 0.223 e. The summed E-state index contributed by atoms with van der Waals surface area (Å²) in [4.78, 5) is 12.2. The molecule has 0 spiro atoms. The average Bonchev–Trinajstić information content (AvgIpc) is 2.53. The molecule has 0 fully saturated rings. The van der Waals surface area contributed by atoms with E-state index < -0.39 is 0 Å². The van der Waals surface area contributed by atoms with Crippen molar-refractivity contribution in [2.24, 2.45) is 5.92 Å². The Morgan fingerprint density at radius 2 is 2.10 bits per heavy atom. The second kappa shape index (κ2) is 6.25. The zero-order chi connectivity index (χ0) is 13.8. The molecule has 106 valence electrons. The van der Waals surface area contributed by atoms with Crippen molar-refractivity contribution in [1.82, 2.24) is 5.32 Å². The minimum absolute atomic E-state index is 0.193. The summed E-state index contributed by atoms with van der Waals surface area (Å²) >= 11 is 0. The average molecular weight is 269 g/mol. The zero-order valence-electron chi connectivity index (χ0n) is 12.0. The Hall–Kier alpha value is -1.57. The molecule has 2 heteroatoms. The summed E-state index contributed by atoms with van der Waals surface area (Å²) in [6.45, 7) is 0.802. The molecule has 1 N–H and O–H groups in total. The Labute approximate surface area is 121 Å². The summed E-state index contributed by atoms with van der Waals surface area (Å²) in [5.74, 6) is 0.944. The Kier molecular flexibility index (Phi) is 4.19. The second-order valence-corrected chi connectivity index (χ2v) is 6.01. The first-order valence-corrected chi connectivity index (χ1v) is 7.85. The Balaban J connectivity index is 1.59. The number of allylic oxidation sites excluding steroid dienone is 2. The van der Waals surface area contributed by atoms with Gasteiger partial charge in [0.15, 0.2) is 0 Å². The van der Waals surface area contributed by atoms with Crippen LogP contribution in [0.3, 0.4) is 0 Å². The summed E-state index contributed by atoms with van der Waals surface area (Å²) in [6, 6.07) is 8.70. The molecule has 0 bridgehead atoms. The molecule has 2 aliphatic rings. The molecule has 1 aromatic carbocycles. The lowest BCUT2D eigenvalue weighted by Crippen LogP contribution is -2.35. The molecular formula is C18H23NO. The van der Waals surface area contributed by atoms with Crippen molar-refractivity contribution in [3.63, 3.8) is 0 Å². The maximum absolute atomic E-state index is 12.2. The molecule has 2 aliphatic carbocycles. The third kappa shape index (κ3) is 2.95. The van der Waals surface area contributed by atoms with Crippen molar-refractivity contribution in [2.75, 3.05) is 6.54 Å². The third-order valence-electron chi connectivity index (χ3n) is 4.66. The summed E-state index contributed by atoms with van der Waals surface area (Å²) in [7, 11) is 0. The van der Waals surface area contributed by atoms with E-state index in [4.69, 9.17) is 0 Å². The summed E-state index contributed by atoms with van der Waals surface area (Å²) in [5, 5.41) is 3.19. The molecule has 0 saturated heterocycles. The van der Waals surface area contributed by atoms with E-state index in [0.29, 0.717) is 5.92 Å². The van der Waals surface area contributed by atoms with E-state index in [1.165, 1.54) is 30.4 Å². The molecule has 2 nitrogen and oxygen atoms in total. The SMILES string of the molecule is O=C(NC[C@H]1CCCc2ccccc21)[C@H]1CC=CCC1. The van der Waals surface area contributed by atoms with Crippen LogP contribution in [-0.2, 0) is 11.2 Å². The van der Waals surface area contributed by atoms with Gasteiger partial charge in [0, 0.05) is 18.4 Å². The minimum Gasteiger partial charge on any atom is -0.355 e. The summed E-state index contributed by atoms with van der Waals surface area (Å²) < 4.78 is 0. The highest BCUT2D eigenvalue weighted by molar-refractivity contribution is 5.79. The van der Waals surface area contributed by atoms with E-state index in [1.54, 1.807) is 0 Å². The van der Waals surface area contributed by atoms with Crippen LogP contribution in [0, 0.1) is 5.92 Å². The van der Waals surface area contributed by atoms with Crippen LogP contribution in [0.15, 0.2) is 36.4 Å². The summed E-state index contributed by atoms with van der Waals surface area (Å²) in [6.07, 6.45) is 10.9. The topological polar surface area (TPSA) is 29.1 Å². The largest absolute Gasteiger partial charge is 0.355 e. The van der Waals surface area contributed by atoms with Crippen LogP contribution >= 0.6 is 0 Å². The number of hydrogen-bond donors (Lipinski definition) is 1. The highest BCUT2D eigenvalue weighted by Gasteiger charge is 2.23. The molecule has 1 amide bonds. The standard InChI is InChI=1S/C18H23NO/c20-18(15-8-2-1-3-9-15)19-13-16-11-6-10-14-7-4-5-12-17(14)16/h1-2,4-5,7,12,15-16H,3,6,8-11,13H2,(H,19,20)/t15-,16+/m0/s1. The van der Waals surface area contributed by atoms with Crippen molar-refractivity contribution in [3.05, 3.63) is 47.5 Å². The van der Waals surface area contributed by atoms with Gasteiger partial charge < -0.3 is 5.32 Å². The van der Waals surface area contributed by atoms with Gasteiger partial charge in [0.05, 0.1) is 0 Å². The maximum atomic E-state index is 12.2. The first-order chi connectivity index (χ1) is 9.84. The van der Waals surface area contributed by atoms with Crippen LogP contribution in [0.4, 0.5) is 0 Å². The fraction of sp³-hybridized carbons (Fsp3) is 0.500. The number of nitrogens with one attached hydrogen (secondary N) is 1. The molecule has 2 atom stereocenters. The highest BCUT2D eigenvalue weighted by Crippen LogP contribution is 2.31. The van der Waals surface area contributed by atoms with Crippen molar-refractivity contribution >= 4 is 5.91 Å². The molecular weight excluding hydrogens is 246 g/mol. The summed E-state index contributed by atoms with van der Waals surface area (Å²) in [5.41, 5.74) is 2.92. The number of rotatable bonds is 3. The van der Waals surface area contributed by atoms with E-state index in [0.717, 1.165) is 25.8 Å². The van der Waals surface area contributed by atoms with E-state index in [-0.39, 0.29) is 11.8 Å². The van der Waals surface area contributed by atoms with Gasteiger partial charge in [-0.3, -0.25) is 4.79 Å². The number of carbonyl (C=O) groups is 1. The van der Waals surface area contributed by atoms with E-state index in [9.17, 15) is 4.79 Å². The van der Waals surface area contributed by atoms with Gasteiger partial charge in [-0.2, -0.15) is 0 Å². The van der Waals surface area contributed by atoms with Gasteiger partial charge in [-0.1, -0.05) is 36.4 Å². The third-order valence-corrected chi connectivity index (χ3v) is 4.66. The number of fused-ring (bicyclic) bond motifs is 1. The number of aryl methyl sites for hydroxylation is 1. The predicted octanol–water partition coefficient (Wildman–Crippen LogP) is 3.58. The second-order valence-electron chi connectivity index (χ2n) is 6.01. The molecule has 0 unspecified atom stereocenters. The molecule has 20 heavy (non-hydrogen) atoms. The Bertz CT molecular complexity index is 506. The van der Waals surface area contributed by atoms with Crippen LogP contribution in [0.1, 0.15) is 49.1 Å². The van der Waals surface area contributed by atoms with Crippen LogP contribution in [0.2, 0.25) is 0 Å². The zero-order valence-corrected chi connectivity index (χ0v) is 12.0. The smallest absolute Gasteiger partial charge is 0.223 e. The van der Waals surface area contributed by atoms with Gasteiger partial charge in [0.2, 0.25) is 5.91 Å². The van der Waals surface area contributed by atoms with Crippen molar-refractivity contribution in [2.45, 2.75) is 44.4 Å². The number of benzene rings is 1. The lowest BCUT2D eigenvalue weighted by Gasteiger charge is -2.26. The van der Waals surface area contributed by atoms with E-state index in [2.05, 4.69) is 41.7 Å². The van der Waals surface area contributed by atoms with Crippen LogP contribution in [0.5, 0.6) is 0 Å².